The summed E-state index contributed by atoms with van der Waals surface area (Å²) in [6.45, 7) is 5.72. The highest BCUT2D eigenvalue weighted by Gasteiger charge is 2.15. The van der Waals surface area contributed by atoms with Crippen LogP contribution in [0.2, 0.25) is 5.02 Å². The second-order valence-electron chi connectivity index (χ2n) is 6.97. The maximum Gasteiger partial charge on any atom is 0.224 e. The number of carbonyl (C=O) groups is 1. The predicted octanol–water partition coefficient (Wildman–Crippen LogP) is 5.18. The number of hydrogen-bond acceptors (Lipinski definition) is 5. The standard InChI is InChI=1S/C22H21ClN6O/c1-4-20(30)24-16-6-8-17(9-7-16)25-21-22(29-14(3)11-13(2)28-29)27-19-12-15(23)5-10-18(19)26-21/h5-12H,4H2,1-3H3,(H,24,30)(H,25,26). The Balaban J connectivity index is 1.75. The third-order valence-electron chi connectivity index (χ3n) is 4.57. The van der Waals surface area contributed by atoms with Gasteiger partial charge < -0.3 is 10.6 Å². The zero-order valence-electron chi connectivity index (χ0n) is 16.9. The van der Waals surface area contributed by atoms with E-state index in [1.807, 2.05) is 57.2 Å². The molecule has 0 aliphatic heterocycles. The Hall–Kier alpha value is -3.45. The number of benzene rings is 2. The Morgan fingerprint density at radius 3 is 2.40 bits per heavy atom. The number of halogens is 1. The smallest absolute Gasteiger partial charge is 0.224 e. The second-order valence-corrected chi connectivity index (χ2v) is 7.41. The number of fused-ring (bicyclic) bond motifs is 1. The number of aryl methyl sites for hydroxylation is 2. The number of nitrogens with zero attached hydrogens (tertiary/aromatic N) is 4. The van der Waals surface area contributed by atoms with Gasteiger partial charge in [0.2, 0.25) is 5.91 Å². The Morgan fingerprint density at radius 2 is 1.73 bits per heavy atom. The molecule has 0 bridgehead atoms. The van der Waals surface area contributed by atoms with Gasteiger partial charge in [0.15, 0.2) is 11.6 Å². The fourth-order valence-corrected chi connectivity index (χ4v) is 3.28. The molecule has 7 nitrogen and oxygen atoms in total. The van der Waals surface area contributed by atoms with Gasteiger partial charge in [-0.15, -0.1) is 0 Å². The first-order valence-corrected chi connectivity index (χ1v) is 9.98. The lowest BCUT2D eigenvalue weighted by Crippen LogP contribution is -2.10. The second kappa shape index (κ2) is 8.12. The van der Waals surface area contributed by atoms with Crippen LogP contribution in [0.25, 0.3) is 16.9 Å². The molecule has 8 heteroatoms. The summed E-state index contributed by atoms with van der Waals surface area (Å²) in [6.07, 6.45) is 0.433. The van der Waals surface area contributed by atoms with Crippen LogP contribution in [0.1, 0.15) is 24.7 Å². The van der Waals surface area contributed by atoms with E-state index in [2.05, 4.69) is 15.7 Å². The van der Waals surface area contributed by atoms with Crippen molar-refractivity contribution in [1.82, 2.24) is 19.7 Å². The topological polar surface area (TPSA) is 84.7 Å². The number of amides is 1. The molecule has 0 spiro atoms. The Bertz CT molecular complexity index is 1230. The summed E-state index contributed by atoms with van der Waals surface area (Å²) in [5, 5.41) is 11.3. The lowest BCUT2D eigenvalue weighted by atomic mass is 10.2. The van der Waals surface area contributed by atoms with Crippen LogP contribution in [0.15, 0.2) is 48.5 Å². The third-order valence-corrected chi connectivity index (χ3v) is 4.81. The van der Waals surface area contributed by atoms with Gasteiger partial charge in [0.1, 0.15) is 0 Å². The number of nitrogens with one attached hydrogen (secondary N) is 2. The van der Waals surface area contributed by atoms with E-state index in [9.17, 15) is 4.79 Å². The van der Waals surface area contributed by atoms with Gasteiger partial charge in [0, 0.05) is 28.5 Å². The number of aromatic nitrogens is 4. The van der Waals surface area contributed by atoms with Gasteiger partial charge in [-0.05, 0) is 62.4 Å². The minimum absolute atomic E-state index is 0.0263. The minimum atomic E-state index is -0.0263. The van der Waals surface area contributed by atoms with Crippen molar-refractivity contribution in [3.8, 4) is 5.82 Å². The van der Waals surface area contributed by atoms with Gasteiger partial charge in [-0.3, -0.25) is 4.79 Å². The maximum absolute atomic E-state index is 11.6. The highest BCUT2D eigenvalue weighted by Crippen LogP contribution is 2.27. The average molecular weight is 421 g/mol. The van der Waals surface area contributed by atoms with Crippen molar-refractivity contribution in [2.24, 2.45) is 0 Å². The summed E-state index contributed by atoms with van der Waals surface area (Å²) in [7, 11) is 0. The maximum atomic E-state index is 11.6. The zero-order valence-corrected chi connectivity index (χ0v) is 17.7. The number of anilines is 3. The van der Waals surface area contributed by atoms with Crippen LogP contribution in [0.3, 0.4) is 0 Å². The molecule has 2 aromatic heterocycles. The summed E-state index contributed by atoms with van der Waals surface area (Å²) in [4.78, 5) is 21.1. The summed E-state index contributed by atoms with van der Waals surface area (Å²) < 4.78 is 1.76. The van der Waals surface area contributed by atoms with E-state index in [1.165, 1.54) is 0 Å². The molecule has 0 atom stereocenters. The van der Waals surface area contributed by atoms with Crippen molar-refractivity contribution in [3.05, 3.63) is 64.9 Å². The van der Waals surface area contributed by atoms with E-state index in [-0.39, 0.29) is 5.91 Å². The summed E-state index contributed by atoms with van der Waals surface area (Å²) in [5.74, 6) is 1.13. The Labute approximate surface area is 179 Å². The molecule has 2 heterocycles. The SMILES string of the molecule is CCC(=O)Nc1ccc(Nc2nc3ccc(Cl)cc3nc2-n2nc(C)cc2C)cc1. The summed E-state index contributed by atoms with van der Waals surface area (Å²) >= 11 is 6.15. The predicted molar refractivity (Wildman–Crippen MR) is 120 cm³/mol. The van der Waals surface area contributed by atoms with Gasteiger partial charge in [-0.25, -0.2) is 14.6 Å². The molecule has 1 amide bonds. The van der Waals surface area contributed by atoms with Crippen molar-refractivity contribution in [1.29, 1.82) is 0 Å². The van der Waals surface area contributed by atoms with Crippen LogP contribution in [0, 0.1) is 13.8 Å². The van der Waals surface area contributed by atoms with E-state index in [1.54, 1.807) is 16.8 Å². The molecule has 30 heavy (non-hydrogen) atoms. The molecule has 4 aromatic rings. The Morgan fingerprint density at radius 1 is 1.00 bits per heavy atom. The van der Waals surface area contributed by atoms with E-state index in [0.717, 1.165) is 28.3 Å². The van der Waals surface area contributed by atoms with Crippen LogP contribution in [-0.2, 0) is 4.79 Å². The molecule has 0 fully saturated rings. The van der Waals surface area contributed by atoms with Gasteiger partial charge in [0.05, 0.1) is 16.7 Å². The molecular weight excluding hydrogens is 400 g/mol. The number of rotatable bonds is 5. The molecule has 2 aromatic carbocycles. The zero-order chi connectivity index (χ0) is 21.3. The highest BCUT2D eigenvalue weighted by atomic mass is 35.5. The molecule has 4 rings (SSSR count). The number of carbonyl (C=O) groups excluding carboxylic acids is 1. The van der Waals surface area contributed by atoms with Crippen LogP contribution >= 0.6 is 11.6 Å². The quantitative estimate of drug-likeness (QED) is 0.464. The fourth-order valence-electron chi connectivity index (χ4n) is 3.12. The fraction of sp³-hybridized carbons (Fsp3) is 0.182. The number of hydrogen-bond donors (Lipinski definition) is 2. The lowest BCUT2D eigenvalue weighted by molar-refractivity contribution is -0.115. The highest BCUT2D eigenvalue weighted by molar-refractivity contribution is 6.31. The van der Waals surface area contributed by atoms with Crippen molar-refractivity contribution in [2.45, 2.75) is 27.2 Å². The third kappa shape index (κ3) is 4.11. The molecular formula is C22H21ClN6O. The van der Waals surface area contributed by atoms with E-state index in [0.29, 0.717) is 28.6 Å². The van der Waals surface area contributed by atoms with Crippen molar-refractivity contribution in [2.75, 3.05) is 10.6 Å². The Kier molecular flexibility index (Phi) is 5.37. The van der Waals surface area contributed by atoms with E-state index in [4.69, 9.17) is 21.6 Å². The summed E-state index contributed by atoms with van der Waals surface area (Å²) in [6, 6.07) is 14.8. The molecule has 0 radical (unpaired) electrons. The first-order valence-electron chi connectivity index (χ1n) is 9.61. The van der Waals surface area contributed by atoms with Crippen LogP contribution in [0.5, 0.6) is 0 Å². The van der Waals surface area contributed by atoms with E-state index >= 15 is 0 Å². The van der Waals surface area contributed by atoms with Crippen molar-refractivity contribution >= 4 is 45.7 Å². The van der Waals surface area contributed by atoms with Gasteiger partial charge in [-0.1, -0.05) is 18.5 Å². The van der Waals surface area contributed by atoms with Gasteiger partial charge in [-0.2, -0.15) is 5.10 Å². The molecule has 0 unspecified atom stereocenters. The molecule has 2 N–H and O–H groups in total. The minimum Gasteiger partial charge on any atom is -0.337 e. The average Bonchev–Trinajstić information content (AvgIpc) is 3.06. The molecule has 0 aliphatic rings. The monoisotopic (exact) mass is 420 g/mol. The lowest BCUT2D eigenvalue weighted by Gasteiger charge is -2.13. The van der Waals surface area contributed by atoms with Crippen molar-refractivity contribution < 1.29 is 4.79 Å². The van der Waals surface area contributed by atoms with E-state index < -0.39 is 0 Å². The van der Waals surface area contributed by atoms with Crippen LogP contribution in [-0.4, -0.2) is 25.7 Å². The first-order chi connectivity index (χ1) is 14.4. The normalized spacial score (nSPS) is 10.9. The molecule has 0 saturated carbocycles. The van der Waals surface area contributed by atoms with Gasteiger partial charge >= 0.3 is 0 Å². The largest absolute Gasteiger partial charge is 0.337 e. The molecule has 152 valence electrons. The summed E-state index contributed by atoms with van der Waals surface area (Å²) in [5.41, 5.74) is 4.80. The van der Waals surface area contributed by atoms with Crippen LogP contribution < -0.4 is 10.6 Å². The first kappa shape index (κ1) is 19.8. The van der Waals surface area contributed by atoms with Gasteiger partial charge in [0.25, 0.3) is 0 Å². The van der Waals surface area contributed by atoms with Crippen LogP contribution in [0.4, 0.5) is 17.2 Å². The van der Waals surface area contributed by atoms with Crippen molar-refractivity contribution in [3.63, 3.8) is 0 Å². The molecule has 0 saturated heterocycles. The molecule has 0 aliphatic carbocycles.